The molecule has 27 heavy (non-hydrogen) atoms. The Morgan fingerprint density at radius 3 is 2.59 bits per heavy atom. The number of carbonyl (C=O) groups is 3. The SMILES string of the molecule is CNC(=O)c1ccc(CNC(=O)C2CC(=O)N(c3cccc(Cl)c3)C2)cc1. The minimum atomic E-state index is -0.401. The van der Waals surface area contributed by atoms with Crippen LogP contribution in [0.15, 0.2) is 48.5 Å². The van der Waals surface area contributed by atoms with Crippen molar-refractivity contribution in [2.45, 2.75) is 13.0 Å². The van der Waals surface area contributed by atoms with Gasteiger partial charge >= 0.3 is 0 Å². The lowest BCUT2D eigenvalue weighted by molar-refractivity contribution is -0.126. The molecule has 0 aromatic heterocycles. The first-order valence-electron chi connectivity index (χ1n) is 8.62. The maximum atomic E-state index is 12.4. The van der Waals surface area contributed by atoms with Crippen molar-refractivity contribution in [3.63, 3.8) is 0 Å². The summed E-state index contributed by atoms with van der Waals surface area (Å²) in [6.07, 6.45) is 0.175. The summed E-state index contributed by atoms with van der Waals surface area (Å²) in [6.45, 7) is 0.676. The van der Waals surface area contributed by atoms with Crippen LogP contribution >= 0.6 is 11.6 Å². The molecule has 1 aliphatic rings. The molecule has 1 unspecified atom stereocenters. The summed E-state index contributed by atoms with van der Waals surface area (Å²) in [5.74, 6) is -0.812. The molecule has 6 nitrogen and oxygen atoms in total. The van der Waals surface area contributed by atoms with Crippen molar-refractivity contribution in [1.29, 1.82) is 0 Å². The Kier molecular flexibility index (Phi) is 5.76. The molecule has 1 aliphatic heterocycles. The van der Waals surface area contributed by atoms with Gasteiger partial charge in [-0.05, 0) is 35.9 Å². The van der Waals surface area contributed by atoms with E-state index in [9.17, 15) is 14.4 Å². The van der Waals surface area contributed by atoms with Gasteiger partial charge in [-0.3, -0.25) is 14.4 Å². The first-order chi connectivity index (χ1) is 13.0. The van der Waals surface area contributed by atoms with Crippen LogP contribution in [0.25, 0.3) is 0 Å². The third-order valence-electron chi connectivity index (χ3n) is 4.53. The first-order valence-corrected chi connectivity index (χ1v) is 9.00. The molecular formula is C20H20ClN3O3. The standard InChI is InChI=1S/C20H20ClN3O3/c1-22-19(26)14-7-5-13(6-8-14)11-23-20(27)15-9-18(25)24(12-15)17-4-2-3-16(21)10-17/h2-8,10,15H,9,11-12H2,1H3,(H,22,26)(H,23,27). The van der Waals surface area contributed by atoms with Crippen LogP contribution in [0.2, 0.25) is 5.02 Å². The molecule has 0 aliphatic carbocycles. The van der Waals surface area contributed by atoms with Crippen molar-refractivity contribution in [1.82, 2.24) is 10.6 Å². The van der Waals surface area contributed by atoms with Crippen LogP contribution in [-0.4, -0.2) is 31.3 Å². The normalized spacial score (nSPS) is 16.3. The van der Waals surface area contributed by atoms with Crippen LogP contribution in [0.5, 0.6) is 0 Å². The van der Waals surface area contributed by atoms with E-state index in [4.69, 9.17) is 11.6 Å². The summed E-state index contributed by atoms with van der Waals surface area (Å²) in [7, 11) is 1.58. The summed E-state index contributed by atoms with van der Waals surface area (Å²) in [6, 6.07) is 14.0. The molecule has 1 heterocycles. The molecule has 2 aromatic rings. The summed E-state index contributed by atoms with van der Waals surface area (Å²) < 4.78 is 0. The fraction of sp³-hybridized carbons (Fsp3) is 0.250. The van der Waals surface area contributed by atoms with Gasteiger partial charge in [0.2, 0.25) is 11.8 Å². The Hall–Kier alpha value is -2.86. The van der Waals surface area contributed by atoms with Gasteiger partial charge < -0.3 is 15.5 Å². The van der Waals surface area contributed by atoms with E-state index in [2.05, 4.69) is 10.6 Å². The summed E-state index contributed by atoms with van der Waals surface area (Å²) in [5.41, 5.74) is 2.14. The van der Waals surface area contributed by atoms with Crippen LogP contribution < -0.4 is 15.5 Å². The average molecular weight is 386 g/mol. The van der Waals surface area contributed by atoms with Gasteiger partial charge in [0.25, 0.3) is 5.91 Å². The van der Waals surface area contributed by atoms with Crippen LogP contribution in [-0.2, 0) is 16.1 Å². The van der Waals surface area contributed by atoms with Crippen LogP contribution in [0.4, 0.5) is 5.69 Å². The Morgan fingerprint density at radius 2 is 1.93 bits per heavy atom. The number of anilines is 1. The highest BCUT2D eigenvalue weighted by Gasteiger charge is 2.35. The number of hydrogen-bond donors (Lipinski definition) is 2. The van der Waals surface area contributed by atoms with E-state index in [0.717, 1.165) is 5.56 Å². The zero-order valence-corrected chi connectivity index (χ0v) is 15.6. The maximum absolute atomic E-state index is 12.4. The maximum Gasteiger partial charge on any atom is 0.251 e. The van der Waals surface area contributed by atoms with Crippen molar-refractivity contribution in [3.05, 3.63) is 64.7 Å². The van der Waals surface area contributed by atoms with E-state index >= 15 is 0 Å². The molecule has 0 bridgehead atoms. The topological polar surface area (TPSA) is 78.5 Å². The Labute approximate surface area is 162 Å². The van der Waals surface area contributed by atoms with Gasteiger partial charge in [0.1, 0.15) is 0 Å². The molecule has 0 saturated carbocycles. The molecule has 0 radical (unpaired) electrons. The number of nitrogens with one attached hydrogen (secondary N) is 2. The van der Waals surface area contributed by atoms with E-state index in [0.29, 0.717) is 29.4 Å². The molecule has 2 N–H and O–H groups in total. The molecule has 1 saturated heterocycles. The number of amides is 3. The van der Waals surface area contributed by atoms with Gasteiger partial charge in [-0.25, -0.2) is 0 Å². The molecule has 140 valence electrons. The Morgan fingerprint density at radius 1 is 1.19 bits per heavy atom. The van der Waals surface area contributed by atoms with E-state index in [1.807, 2.05) is 0 Å². The predicted molar refractivity (Wildman–Crippen MR) is 104 cm³/mol. The van der Waals surface area contributed by atoms with Crippen molar-refractivity contribution in [2.75, 3.05) is 18.5 Å². The number of benzene rings is 2. The van der Waals surface area contributed by atoms with Gasteiger partial charge in [0, 0.05) is 42.8 Å². The number of nitrogens with zero attached hydrogens (tertiary/aromatic N) is 1. The lowest BCUT2D eigenvalue weighted by Crippen LogP contribution is -2.32. The second kappa shape index (κ2) is 8.22. The largest absolute Gasteiger partial charge is 0.355 e. The van der Waals surface area contributed by atoms with Gasteiger partial charge in [-0.15, -0.1) is 0 Å². The minimum Gasteiger partial charge on any atom is -0.355 e. The highest BCUT2D eigenvalue weighted by Crippen LogP contribution is 2.27. The Bertz CT molecular complexity index is 867. The summed E-state index contributed by atoms with van der Waals surface area (Å²) in [5, 5.41) is 5.97. The fourth-order valence-electron chi connectivity index (χ4n) is 3.03. The van der Waals surface area contributed by atoms with Crippen LogP contribution in [0.3, 0.4) is 0 Å². The Balaban J connectivity index is 1.57. The molecule has 0 spiro atoms. The van der Waals surface area contributed by atoms with Gasteiger partial charge in [-0.2, -0.15) is 0 Å². The predicted octanol–water partition coefficient (Wildman–Crippen LogP) is 2.37. The van der Waals surface area contributed by atoms with Crippen molar-refractivity contribution < 1.29 is 14.4 Å². The number of rotatable bonds is 5. The number of halogens is 1. The van der Waals surface area contributed by atoms with E-state index in [1.54, 1.807) is 60.5 Å². The molecule has 1 atom stereocenters. The lowest BCUT2D eigenvalue weighted by Gasteiger charge is -2.17. The lowest BCUT2D eigenvalue weighted by atomic mass is 10.1. The molecule has 1 fully saturated rings. The van der Waals surface area contributed by atoms with Crippen LogP contribution in [0, 0.1) is 5.92 Å². The minimum absolute atomic E-state index is 0.0904. The second-order valence-corrected chi connectivity index (χ2v) is 6.82. The monoisotopic (exact) mass is 385 g/mol. The number of hydrogen-bond acceptors (Lipinski definition) is 3. The molecule has 3 amide bonds. The number of carbonyl (C=O) groups excluding carboxylic acids is 3. The molecular weight excluding hydrogens is 366 g/mol. The third-order valence-corrected chi connectivity index (χ3v) is 4.76. The molecule has 3 rings (SSSR count). The average Bonchev–Trinajstić information content (AvgIpc) is 3.07. The van der Waals surface area contributed by atoms with E-state index in [-0.39, 0.29) is 24.1 Å². The zero-order chi connectivity index (χ0) is 19.4. The second-order valence-electron chi connectivity index (χ2n) is 6.38. The highest BCUT2D eigenvalue weighted by molar-refractivity contribution is 6.31. The summed E-state index contributed by atoms with van der Waals surface area (Å²) in [4.78, 5) is 37.8. The van der Waals surface area contributed by atoms with Crippen molar-refractivity contribution in [2.24, 2.45) is 5.92 Å². The third kappa shape index (κ3) is 4.46. The zero-order valence-electron chi connectivity index (χ0n) is 14.9. The first kappa shape index (κ1) is 18.9. The fourth-order valence-corrected chi connectivity index (χ4v) is 3.21. The van der Waals surface area contributed by atoms with Gasteiger partial charge in [0.05, 0.1) is 5.92 Å². The quantitative estimate of drug-likeness (QED) is 0.829. The van der Waals surface area contributed by atoms with Gasteiger partial charge in [-0.1, -0.05) is 29.8 Å². The smallest absolute Gasteiger partial charge is 0.251 e. The molecule has 7 heteroatoms. The van der Waals surface area contributed by atoms with E-state index in [1.165, 1.54) is 0 Å². The highest BCUT2D eigenvalue weighted by atomic mass is 35.5. The van der Waals surface area contributed by atoms with Crippen LogP contribution in [0.1, 0.15) is 22.3 Å². The van der Waals surface area contributed by atoms with Gasteiger partial charge in [0.15, 0.2) is 0 Å². The van der Waals surface area contributed by atoms with E-state index < -0.39 is 5.92 Å². The van der Waals surface area contributed by atoms with Crippen molar-refractivity contribution in [3.8, 4) is 0 Å². The van der Waals surface area contributed by atoms with Crippen molar-refractivity contribution >= 4 is 35.0 Å². The molecule has 2 aromatic carbocycles. The summed E-state index contributed by atoms with van der Waals surface area (Å²) >= 11 is 5.99.